The molecule has 0 amide bonds. The van der Waals surface area contributed by atoms with E-state index in [1.807, 2.05) is 0 Å². The molecule has 11 heteroatoms. The Bertz CT molecular complexity index is 1030. The summed E-state index contributed by atoms with van der Waals surface area (Å²) in [5.74, 6) is 30.4. The Morgan fingerprint density at radius 1 is 0.733 bits per heavy atom. The Morgan fingerprint density at radius 3 is 2.10 bits per heavy atom. The predicted molar refractivity (Wildman–Crippen MR) is 152 cm³/mol. The monoisotopic (exact) mass is 574 g/mol. The summed E-state index contributed by atoms with van der Waals surface area (Å²) in [6.07, 6.45) is 10.7. The van der Waals surface area contributed by atoms with E-state index < -0.39 is 8.77 Å². The zero-order chi connectivity index (χ0) is 21.5. The van der Waals surface area contributed by atoms with Gasteiger partial charge in [-0.2, -0.15) is 0 Å². The quantitative estimate of drug-likeness (QED) is 0.319. The van der Waals surface area contributed by atoms with Crippen LogP contribution in [0, 0.1) is 78.0 Å². The SMILES string of the molecule is C#CC1SS(=S)CC1C#CC#CC1SS(=S)OC1C#CC#CC1SS(=S)SC1C#C. The van der Waals surface area contributed by atoms with Gasteiger partial charge >= 0.3 is 0 Å². The third kappa shape index (κ3) is 7.22. The van der Waals surface area contributed by atoms with Crippen molar-refractivity contribution in [1.29, 1.82) is 0 Å². The van der Waals surface area contributed by atoms with Crippen molar-refractivity contribution in [2.75, 3.05) is 5.75 Å². The highest BCUT2D eigenvalue weighted by atomic mass is 33.7. The summed E-state index contributed by atoms with van der Waals surface area (Å²) in [6, 6.07) is 0. The van der Waals surface area contributed by atoms with Gasteiger partial charge in [0.05, 0.1) is 19.9 Å². The molecule has 0 aromatic carbocycles. The molecular weight excluding hydrogens is 565 g/mol. The van der Waals surface area contributed by atoms with Crippen LogP contribution in [0.5, 0.6) is 0 Å². The third-order valence-electron chi connectivity index (χ3n) is 3.53. The van der Waals surface area contributed by atoms with E-state index in [0.29, 0.717) is 0 Å². The topological polar surface area (TPSA) is 9.23 Å². The average Bonchev–Trinajstić information content (AvgIpc) is 3.38. The van der Waals surface area contributed by atoms with Crippen molar-refractivity contribution in [2.45, 2.75) is 27.1 Å². The largest absolute Gasteiger partial charge is 0.284 e. The minimum absolute atomic E-state index is 0.0166. The fourth-order valence-corrected chi connectivity index (χ4v) is 17.2. The van der Waals surface area contributed by atoms with Gasteiger partial charge in [0, 0.05) is 5.75 Å². The smallest absolute Gasteiger partial charge is 0.158 e. The molecule has 1 nitrogen and oxygen atoms in total. The lowest BCUT2D eigenvalue weighted by Crippen LogP contribution is -2.15. The van der Waals surface area contributed by atoms with Crippen molar-refractivity contribution >= 4 is 102 Å². The molecule has 0 aromatic rings. The normalized spacial score (nSPS) is 38.8. The third-order valence-corrected chi connectivity index (χ3v) is 17.9. The van der Waals surface area contributed by atoms with Crippen LogP contribution < -0.4 is 0 Å². The van der Waals surface area contributed by atoms with Gasteiger partial charge in [-0.05, 0) is 75.6 Å². The Morgan fingerprint density at radius 2 is 1.37 bits per heavy atom. The molecule has 3 fully saturated rings. The van der Waals surface area contributed by atoms with Crippen molar-refractivity contribution in [1.82, 2.24) is 0 Å². The molecule has 0 aliphatic carbocycles. The molecule has 0 spiro atoms. The molecule has 3 heterocycles. The minimum Gasteiger partial charge on any atom is -0.284 e. The molecule has 0 saturated carbocycles. The lowest BCUT2D eigenvalue weighted by molar-refractivity contribution is 0.329. The Kier molecular flexibility index (Phi) is 10.5. The molecule has 3 aliphatic rings. The first-order valence-corrected chi connectivity index (χ1v) is 20.1. The Balaban J connectivity index is 1.63. The Hall–Kier alpha value is 0.430. The van der Waals surface area contributed by atoms with E-state index in [1.54, 1.807) is 32.4 Å². The molecule has 9 atom stereocenters. The molecule has 30 heavy (non-hydrogen) atoms. The first kappa shape index (κ1) is 25.1. The summed E-state index contributed by atoms with van der Waals surface area (Å²) in [4.78, 5) is 0. The second-order valence-corrected chi connectivity index (χ2v) is 22.9. The first-order valence-electron chi connectivity index (χ1n) is 8.02. The molecule has 9 unspecified atom stereocenters. The van der Waals surface area contributed by atoms with Crippen LogP contribution in [0.2, 0.25) is 0 Å². The van der Waals surface area contributed by atoms with Crippen molar-refractivity contribution < 1.29 is 4.18 Å². The van der Waals surface area contributed by atoms with Crippen LogP contribution in [0.4, 0.5) is 0 Å². The zero-order valence-electron chi connectivity index (χ0n) is 14.8. The van der Waals surface area contributed by atoms with Gasteiger partial charge in [0.2, 0.25) is 0 Å². The molecule has 3 aliphatic heterocycles. The maximum Gasteiger partial charge on any atom is 0.158 e. The molecule has 0 radical (unpaired) electrons. The fourth-order valence-electron chi connectivity index (χ4n) is 2.17. The van der Waals surface area contributed by atoms with Crippen LogP contribution in [-0.4, -0.2) is 32.9 Å². The lowest BCUT2D eigenvalue weighted by atomic mass is 10.1. The summed E-state index contributed by atoms with van der Waals surface area (Å²) in [7, 11) is 5.33. The number of terminal acetylenes is 2. The van der Waals surface area contributed by atoms with Crippen molar-refractivity contribution in [2.24, 2.45) is 5.92 Å². The summed E-state index contributed by atoms with van der Waals surface area (Å²) in [5, 5.41) is -0.0629. The van der Waals surface area contributed by atoms with Gasteiger partial charge in [0.1, 0.15) is 15.7 Å². The standard InChI is InChI=1S/C19H10OS10/c1-3-16-14(13-28(21)24-16)9-5-7-11-18-15(20-29(22)25-18)10-6-8-12-19-17(4-2)26-30(23)27-19/h1-2,14-19H,13H2. The van der Waals surface area contributed by atoms with Crippen LogP contribution in [0.1, 0.15) is 0 Å². The molecule has 0 bridgehead atoms. The predicted octanol–water partition coefficient (Wildman–Crippen LogP) is 2.53. The van der Waals surface area contributed by atoms with Crippen LogP contribution in [0.15, 0.2) is 0 Å². The maximum atomic E-state index is 5.70. The van der Waals surface area contributed by atoms with Gasteiger partial charge < -0.3 is 0 Å². The Labute approximate surface area is 214 Å². The lowest BCUT2D eigenvalue weighted by Gasteiger charge is -2.02. The van der Waals surface area contributed by atoms with Gasteiger partial charge in [0.15, 0.2) is 6.10 Å². The van der Waals surface area contributed by atoms with E-state index >= 15 is 0 Å². The highest BCUT2D eigenvalue weighted by Crippen LogP contribution is 2.42. The van der Waals surface area contributed by atoms with Crippen molar-refractivity contribution in [3.63, 3.8) is 0 Å². The van der Waals surface area contributed by atoms with Crippen LogP contribution in [0.3, 0.4) is 0 Å². The number of hydrogen-bond acceptors (Lipinski definition) is 8. The van der Waals surface area contributed by atoms with Gasteiger partial charge in [-0.3, -0.25) is 4.18 Å². The van der Waals surface area contributed by atoms with Gasteiger partial charge in [-0.1, -0.05) is 76.4 Å². The second kappa shape index (κ2) is 12.6. The van der Waals surface area contributed by atoms with Crippen LogP contribution >= 0.6 is 43.2 Å². The molecular formula is C19H10OS10. The molecule has 3 saturated heterocycles. The van der Waals surface area contributed by atoms with E-state index in [0.717, 1.165) is 5.75 Å². The first-order chi connectivity index (χ1) is 14.5. The molecule has 0 N–H and O–H groups in total. The summed E-state index contributed by atoms with van der Waals surface area (Å²) in [6.45, 7) is 0. The maximum absolute atomic E-state index is 5.70. The number of rotatable bonds is 0. The van der Waals surface area contributed by atoms with E-state index in [2.05, 4.69) is 59.2 Å². The van der Waals surface area contributed by atoms with Crippen molar-refractivity contribution in [3.05, 3.63) is 0 Å². The molecule has 0 aromatic heterocycles. The number of hydrogen-bond donors (Lipinski definition) is 0. The van der Waals surface area contributed by atoms with E-state index in [1.165, 1.54) is 10.8 Å². The van der Waals surface area contributed by atoms with Gasteiger partial charge in [-0.15, -0.1) is 12.8 Å². The highest BCUT2D eigenvalue weighted by molar-refractivity contribution is 9.13. The fraction of sp³-hybridized carbons (Fsp3) is 0.368. The summed E-state index contributed by atoms with van der Waals surface area (Å²) < 4.78 is 5.70. The summed E-state index contributed by atoms with van der Waals surface area (Å²) >= 11 is 15.9. The minimum atomic E-state index is -0.662. The zero-order valence-corrected chi connectivity index (χ0v) is 23.0. The second-order valence-electron chi connectivity index (χ2n) is 5.48. The van der Waals surface area contributed by atoms with Crippen LogP contribution in [0.25, 0.3) is 0 Å². The van der Waals surface area contributed by atoms with E-state index in [9.17, 15) is 0 Å². The highest BCUT2D eigenvalue weighted by Gasteiger charge is 2.31. The van der Waals surface area contributed by atoms with E-state index in [-0.39, 0.29) is 49.0 Å². The van der Waals surface area contributed by atoms with Gasteiger partial charge in [-0.25, -0.2) is 0 Å². The summed E-state index contributed by atoms with van der Waals surface area (Å²) in [5.41, 5.74) is 0. The van der Waals surface area contributed by atoms with Crippen molar-refractivity contribution in [3.8, 4) is 72.1 Å². The average molecular weight is 575 g/mol. The van der Waals surface area contributed by atoms with E-state index in [4.69, 9.17) is 50.6 Å². The molecule has 152 valence electrons. The molecule has 3 rings (SSSR count). The van der Waals surface area contributed by atoms with Crippen LogP contribution in [-0.2, 0) is 62.5 Å². The van der Waals surface area contributed by atoms with Gasteiger partial charge in [0.25, 0.3) is 0 Å².